The second-order valence-corrected chi connectivity index (χ2v) is 5.50. The number of fused-ring (bicyclic) bond motifs is 1. The van der Waals surface area contributed by atoms with E-state index < -0.39 is 0 Å². The van der Waals surface area contributed by atoms with Gasteiger partial charge in [0.2, 0.25) is 0 Å². The third-order valence-electron chi connectivity index (χ3n) is 3.53. The molecule has 21 heavy (non-hydrogen) atoms. The fraction of sp³-hybridized carbons (Fsp3) is 0.235. The summed E-state index contributed by atoms with van der Waals surface area (Å²) in [4.78, 5) is 4.68. The van der Waals surface area contributed by atoms with Crippen molar-refractivity contribution in [3.8, 4) is 0 Å². The average molecular weight is 301 g/mol. The number of aryl methyl sites for hydroxylation is 1. The van der Waals surface area contributed by atoms with Gasteiger partial charge in [-0.1, -0.05) is 41.9 Å². The molecule has 0 saturated heterocycles. The highest BCUT2D eigenvalue weighted by atomic mass is 35.5. The lowest BCUT2D eigenvalue weighted by Gasteiger charge is -2.09. The minimum Gasteiger partial charge on any atom is -0.396 e. The molecule has 2 aromatic carbocycles. The standard InChI is InChI=1S/C17H17ClN2O/c18-14-8-9-15-16(11-14)20(17(19-15)7-4-10-21)12-13-5-2-1-3-6-13/h1-3,5-6,8-9,11,21H,4,7,10,12H2. The average Bonchev–Trinajstić information content (AvgIpc) is 2.84. The molecule has 0 aliphatic carbocycles. The molecule has 0 bridgehead atoms. The van der Waals surface area contributed by atoms with Crippen LogP contribution in [0.25, 0.3) is 11.0 Å². The number of hydrogen-bond acceptors (Lipinski definition) is 2. The van der Waals surface area contributed by atoms with Crippen LogP contribution < -0.4 is 0 Å². The number of hydrogen-bond donors (Lipinski definition) is 1. The van der Waals surface area contributed by atoms with Gasteiger partial charge in [0.05, 0.1) is 11.0 Å². The summed E-state index contributed by atoms with van der Waals surface area (Å²) in [5.74, 6) is 0.991. The van der Waals surface area contributed by atoms with E-state index in [-0.39, 0.29) is 6.61 Å². The van der Waals surface area contributed by atoms with Crippen molar-refractivity contribution in [1.29, 1.82) is 0 Å². The van der Waals surface area contributed by atoms with Gasteiger partial charge in [-0.25, -0.2) is 4.98 Å². The van der Waals surface area contributed by atoms with Gasteiger partial charge in [0.25, 0.3) is 0 Å². The van der Waals surface area contributed by atoms with E-state index in [0.29, 0.717) is 11.4 Å². The van der Waals surface area contributed by atoms with Crippen LogP contribution in [0, 0.1) is 0 Å². The van der Waals surface area contributed by atoms with Crippen LogP contribution in [-0.4, -0.2) is 21.3 Å². The highest BCUT2D eigenvalue weighted by molar-refractivity contribution is 6.31. The maximum atomic E-state index is 9.07. The zero-order valence-electron chi connectivity index (χ0n) is 11.7. The molecular formula is C17H17ClN2O. The lowest BCUT2D eigenvalue weighted by atomic mass is 10.2. The molecule has 0 fully saturated rings. The summed E-state index contributed by atoms with van der Waals surface area (Å²) >= 11 is 6.13. The summed E-state index contributed by atoms with van der Waals surface area (Å²) in [7, 11) is 0. The van der Waals surface area contributed by atoms with E-state index >= 15 is 0 Å². The van der Waals surface area contributed by atoms with Gasteiger partial charge in [0.1, 0.15) is 5.82 Å². The molecule has 0 radical (unpaired) electrons. The second kappa shape index (κ2) is 6.29. The topological polar surface area (TPSA) is 38.1 Å². The molecule has 3 aromatic rings. The Kier molecular flexibility index (Phi) is 4.23. The lowest BCUT2D eigenvalue weighted by molar-refractivity contribution is 0.287. The number of imidazole rings is 1. The first-order chi connectivity index (χ1) is 10.3. The number of aliphatic hydroxyl groups is 1. The van der Waals surface area contributed by atoms with E-state index in [4.69, 9.17) is 16.7 Å². The van der Waals surface area contributed by atoms with Crippen molar-refractivity contribution in [3.63, 3.8) is 0 Å². The SMILES string of the molecule is OCCCc1nc2ccc(Cl)cc2n1Cc1ccccc1. The van der Waals surface area contributed by atoms with Crippen molar-refractivity contribution in [2.45, 2.75) is 19.4 Å². The molecule has 1 N–H and O–H groups in total. The highest BCUT2D eigenvalue weighted by Gasteiger charge is 2.11. The van der Waals surface area contributed by atoms with Crippen molar-refractivity contribution in [3.05, 3.63) is 64.9 Å². The van der Waals surface area contributed by atoms with Crippen molar-refractivity contribution in [2.75, 3.05) is 6.61 Å². The molecule has 1 heterocycles. The van der Waals surface area contributed by atoms with Crippen LogP contribution >= 0.6 is 11.6 Å². The zero-order chi connectivity index (χ0) is 14.7. The van der Waals surface area contributed by atoms with E-state index in [9.17, 15) is 0 Å². The minimum absolute atomic E-state index is 0.176. The van der Waals surface area contributed by atoms with Gasteiger partial charge in [-0.2, -0.15) is 0 Å². The molecule has 0 amide bonds. The summed E-state index contributed by atoms with van der Waals surface area (Å²) in [6, 6.07) is 16.1. The van der Waals surface area contributed by atoms with Crippen LogP contribution in [0.5, 0.6) is 0 Å². The van der Waals surface area contributed by atoms with Crippen molar-refractivity contribution < 1.29 is 5.11 Å². The summed E-state index contributed by atoms with van der Waals surface area (Å²) in [6.07, 6.45) is 1.47. The van der Waals surface area contributed by atoms with E-state index in [1.807, 2.05) is 36.4 Å². The van der Waals surface area contributed by atoms with Crippen LogP contribution in [0.4, 0.5) is 0 Å². The molecule has 3 rings (SSSR count). The Morgan fingerprint density at radius 3 is 2.67 bits per heavy atom. The molecular weight excluding hydrogens is 284 g/mol. The number of aromatic nitrogens is 2. The Balaban J connectivity index is 2.05. The molecule has 0 spiro atoms. The predicted octanol–water partition coefficient (Wildman–Crippen LogP) is 3.66. The number of benzene rings is 2. The van der Waals surface area contributed by atoms with Crippen LogP contribution in [0.2, 0.25) is 5.02 Å². The van der Waals surface area contributed by atoms with Gasteiger partial charge in [0, 0.05) is 24.6 Å². The van der Waals surface area contributed by atoms with Gasteiger partial charge in [-0.05, 0) is 30.2 Å². The fourth-order valence-corrected chi connectivity index (χ4v) is 2.68. The molecule has 0 saturated carbocycles. The third kappa shape index (κ3) is 3.09. The molecule has 1 aromatic heterocycles. The molecule has 0 unspecified atom stereocenters. The Morgan fingerprint density at radius 1 is 1.10 bits per heavy atom. The van der Waals surface area contributed by atoms with Crippen molar-refractivity contribution >= 4 is 22.6 Å². The Labute approximate surface area is 128 Å². The monoisotopic (exact) mass is 300 g/mol. The first-order valence-corrected chi connectivity index (χ1v) is 7.45. The second-order valence-electron chi connectivity index (χ2n) is 5.06. The lowest BCUT2D eigenvalue weighted by Crippen LogP contribution is -2.06. The molecule has 108 valence electrons. The van der Waals surface area contributed by atoms with Crippen LogP contribution in [0.15, 0.2) is 48.5 Å². The first-order valence-electron chi connectivity index (χ1n) is 7.07. The Bertz CT molecular complexity index is 737. The van der Waals surface area contributed by atoms with Crippen molar-refractivity contribution in [1.82, 2.24) is 9.55 Å². The minimum atomic E-state index is 0.176. The molecule has 0 aliphatic heterocycles. The fourth-order valence-electron chi connectivity index (χ4n) is 2.52. The van der Waals surface area contributed by atoms with Gasteiger partial charge in [-0.15, -0.1) is 0 Å². The largest absolute Gasteiger partial charge is 0.396 e. The normalized spacial score (nSPS) is 11.1. The van der Waals surface area contributed by atoms with Crippen LogP contribution in [0.1, 0.15) is 17.8 Å². The predicted molar refractivity (Wildman–Crippen MR) is 85.7 cm³/mol. The number of halogens is 1. The van der Waals surface area contributed by atoms with Gasteiger partial charge in [0.15, 0.2) is 0 Å². The third-order valence-corrected chi connectivity index (χ3v) is 3.77. The number of rotatable bonds is 5. The smallest absolute Gasteiger partial charge is 0.110 e. The van der Waals surface area contributed by atoms with Gasteiger partial charge in [-0.3, -0.25) is 0 Å². The Morgan fingerprint density at radius 2 is 1.90 bits per heavy atom. The van der Waals surface area contributed by atoms with Crippen molar-refractivity contribution in [2.24, 2.45) is 0 Å². The number of nitrogens with zero attached hydrogens (tertiary/aromatic N) is 2. The van der Waals surface area contributed by atoms with Gasteiger partial charge < -0.3 is 9.67 Å². The maximum absolute atomic E-state index is 9.07. The Hall–Kier alpha value is -1.84. The molecule has 4 heteroatoms. The quantitative estimate of drug-likeness (QED) is 0.781. The number of aliphatic hydroxyl groups excluding tert-OH is 1. The van der Waals surface area contributed by atoms with E-state index in [2.05, 4.69) is 21.7 Å². The zero-order valence-corrected chi connectivity index (χ0v) is 12.4. The summed E-state index contributed by atoms with van der Waals surface area (Å²) < 4.78 is 2.19. The summed E-state index contributed by atoms with van der Waals surface area (Å²) in [5.41, 5.74) is 3.21. The molecule has 0 aliphatic rings. The van der Waals surface area contributed by atoms with Gasteiger partial charge >= 0.3 is 0 Å². The maximum Gasteiger partial charge on any atom is 0.110 e. The van der Waals surface area contributed by atoms with E-state index in [0.717, 1.165) is 29.8 Å². The van der Waals surface area contributed by atoms with E-state index in [1.54, 1.807) is 0 Å². The summed E-state index contributed by atoms with van der Waals surface area (Å²) in [6.45, 7) is 0.938. The molecule has 0 atom stereocenters. The van der Waals surface area contributed by atoms with Crippen LogP contribution in [0.3, 0.4) is 0 Å². The first kappa shape index (κ1) is 14.1. The van der Waals surface area contributed by atoms with Crippen LogP contribution in [-0.2, 0) is 13.0 Å². The highest BCUT2D eigenvalue weighted by Crippen LogP contribution is 2.22. The summed E-state index contributed by atoms with van der Waals surface area (Å²) in [5, 5.41) is 9.78. The molecule has 3 nitrogen and oxygen atoms in total. The van der Waals surface area contributed by atoms with E-state index in [1.165, 1.54) is 5.56 Å².